The minimum atomic E-state index is -0.152. The van der Waals surface area contributed by atoms with E-state index in [4.69, 9.17) is 10.5 Å². The highest BCUT2D eigenvalue weighted by Gasteiger charge is 2.07. The Balaban J connectivity index is 2.26. The van der Waals surface area contributed by atoms with Crippen LogP contribution in [-0.4, -0.2) is 19.6 Å². The predicted octanol–water partition coefficient (Wildman–Crippen LogP) is 2.77. The quantitative estimate of drug-likeness (QED) is 0.738. The maximum Gasteiger partial charge on any atom is 0.251 e. The Morgan fingerprint density at radius 1 is 1.24 bits per heavy atom. The Labute approximate surface area is 124 Å². The molecular weight excluding hydrogens is 266 g/mol. The van der Waals surface area contributed by atoms with Gasteiger partial charge in [-0.2, -0.15) is 0 Å². The summed E-state index contributed by atoms with van der Waals surface area (Å²) in [6, 6.07) is 12.7. The van der Waals surface area contributed by atoms with Crippen molar-refractivity contribution in [3.63, 3.8) is 0 Å². The van der Waals surface area contributed by atoms with Gasteiger partial charge in [-0.05, 0) is 37.3 Å². The summed E-state index contributed by atoms with van der Waals surface area (Å²) >= 11 is 0. The standard InChI is InChI=1S/C16H19N3O2/c1-3-21-13-6-4-5-12(10-13)19-15-9-11(16(20)18-2)7-8-14(15)17/h4-10,19H,3,17H2,1-2H3,(H,18,20). The maximum atomic E-state index is 11.7. The fourth-order valence-corrected chi connectivity index (χ4v) is 1.94. The van der Waals surface area contributed by atoms with Crippen LogP contribution in [0.3, 0.4) is 0 Å². The summed E-state index contributed by atoms with van der Waals surface area (Å²) in [4.78, 5) is 11.7. The molecule has 2 rings (SSSR count). The fourth-order valence-electron chi connectivity index (χ4n) is 1.94. The number of carbonyl (C=O) groups excluding carboxylic acids is 1. The van der Waals surface area contributed by atoms with Crippen LogP contribution in [0.4, 0.5) is 17.1 Å². The monoisotopic (exact) mass is 285 g/mol. The lowest BCUT2D eigenvalue weighted by Gasteiger charge is -2.12. The van der Waals surface area contributed by atoms with Gasteiger partial charge < -0.3 is 21.1 Å². The summed E-state index contributed by atoms with van der Waals surface area (Å²) < 4.78 is 5.46. The van der Waals surface area contributed by atoms with Crippen molar-refractivity contribution in [2.24, 2.45) is 0 Å². The van der Waals surface area contributed by atoms with E-state index < -0.39 is 0 Å². The zero-order valence-corrected chi connectivity index (χ0v) is 12.1. The number of ether oxygens (including phenoxy) is 1. The second-order valence-corrected chi connectivity index (χ2v) is 4.47. The molecule has 5 heteroatoms. The van der Waals surface area contributed by atoms with Crippen molar-refractivity contribution in [2.45, 2.75) is 6.92 Å². The summed E-state index contributed by atoms with van der Waals surface area (Å²) in [5, 5.41) is 5.80. The van der Waals surface area contributed by atoms with Crippen molar-refractivity contribution >= 4 is 23.0 Å². The lowest BCUT2D eigenvalue weighted by Crippen LogP contribution is -2.17. The molecule has 0 aliphatic carbocycles. The first kappa shape index (κ1) is 14.7. The zero-order chi connectivity index (χ0) is 15.2. The first-order valence-electron chi connectivity index (χ1n) is 6.75. The Morgan fingerprint density at radius 2 is 2.05 bits per heavy atom. The minimum Gasteiger partial charge on any atom is -0.494 e. The molecule has 0 saturated heterocycles. The molecule has 2 aromatic carbocycles. The predicted molar refractivity (Wildman–Crippen MR) is 85.1 cm³/mol. The third-order valence-corrected chi connectivity index (χ3v) is 2.97. The van der Waals surface area contributed by atoms with Crippen molar-refractivity contribution in [1.29, 1.82) is 0 Å². The van der Waals surface area contributed by atoms with Crippen LogP contribution in [0.15, 0.2) is 42.5 Å². The average Bonchev–Trinajstić information content (AvgIpc) is 2.49. The van der Waals surface area contributed by atoms with Gasteiger partial charge in [0.05, 0.1) is 18.0 Å². The minimum absolute atomic E-state index is 0.152. The molecule has 0 bridgehead atoms. The molecule has 110 valence electrons. The summed E-state index contributed by atoms with van der Waals surface area (Å²) in [7, 11) is 1.59. The van der Waals surface area contributed by atoms with Gasteiger partial charge in [0.15, 0.2) is 0 Å². The number of hydrogen-bond donors (Lipinski definition) is 3. The molecule has 0 aromatic heterocycles. The second-order valence-electron chi connectivity index (χ2n) is 4.47. The lowest BCUT2D eigenvalue weighted by molar-refractivity contribution is 0.0963. The summed E-state index contributed by atoms with van der Waals surface area (Å²) in [5.74, 6) is 0.629. The molecule has 0 aliphatic heterocycles. The van der Waals surface area contributed by atoms with Crippen molar-refractivity contribution in [2.75, 3.05) is 24.7 Å². The van der Waals surface area contributed by atoms with Gasteiger partial charge in [0.1, 0.15) is 5.75 Å². The van der Waals surface area contributed by atoms with E-state index in [1.54, 1.807) is 25.2 Å². The van der Waals surface area contributed by atoms with E-state index in [2.05, 4.69) is 10.6 Å². The van der Waals surface area contributed by atoms with Gasteiger partial charge in [0.2, 0.25) is 0 Å². The highest BCUT2D eigenvalue weighted by Crippen LogP contribution is 2.26. The van der Waals surface area contributed by atoms with E-state index in [1.165, 1.54) is 0 Å². The molecule has 0 atom stereocenters. The van der Waals surface area contributed by atoms with Crippen molar-refractivity contribution in [3.8, 4) is 5.75 Å². The molecule has 1 amide bonds. The largest absolute Gasteiger partial charge is 0.494 e. The van der Waals surface area contributed by atoms with Crippen molar-refractivity contribution in [3.05, 3.63) is 48.0 Å². The highest BCUT2D eigenvalue weighted by molar-refractivity contribution is 5.96. The number of anilines is 3. The van der Waals surface area contributed by atoms with Crippen LogP contribution in [-0.2, 0) is 0 Å². The van der Waals surface area contributed by atoms with E-state index in [1.807, 2.05) is 31.2 Å². The number of amides is 1. The number of carbonyl (C=O) groups is 1. The van der Waals surface area contributed by atoms with Crippen LogP contribution in [0.25, 0.3) is 0 Å². The molecule has 0 radical (unpaired) electrons. The van der Waals surface area contributed by atoms with E-state index in [0.29, 0.717) is 23.5 Å². The average molecular weight is 285 g/mol. The van der Waals surface area contributed by atoms with Crippen molar-refractivity contribution in [1.82, 2.24) is 5.32 Å². The molecule has 21 heavy (non-hydrogen) atoms. The van der Waals surface area contributed by atoms with Gasteiger partial charge in [-0.3, -0.25) is 4.79 Å². The number of benzene rings is 2. The molecule has 5 nitrogen and oxygen atoms in total. The Morgan fingerprint density at radius 3 is 2.76 bits per heavy atom. The van der Waals surface area contributed by atoms with Crippen LogP contribution in [0, 0.1) is 0 Å². The van der Waals surface area contributed by atoms with Gasteiger partial charge in [-0.15, -0.1) is 0 Å². The SMILES string of the molecule is CCOc1cccc(Nc2cc(C(=O)NC)ccc2N)c1. The smallest absolute Gasteiger partial charge is 0.251 e. The lowest BCUT2D eigenvalue weighted by atomic mass is 10.1. The van der Waals surface area contributed by atoms with Gasteiger partial charge in [-0.1, -0.05) is 6.07 Å². The van der Waals surface area contributed by atoms with Gasteiger partial charge in [0.25, 0.3) is 5.91 Å². The molecule has 0 unspecified atom stereocenters. The molecule has 4 N–H and O–H groups in total. The summed E-state index contributed by atoms with van der Waals surface area (Å²) in [5.41, 5.74) is 8.61. The molecule has 0 aliphatic rings. The molecule has 2 aromatic rings. The third-order valence-electron chi connectivity index (χ3n) is 2.97. The first-order valence-corrected chi connectivity index (χ1v) is 6.75. The van der Waals surface area contributed by atoms with Crippen molar-refractivity contribution < 1.29 is 9.53 Å². The third kappa shape index (κ3) is 3.66. The van der Waals surface area contributed by atoms with Crippen LogP contribution in [0.1, 0.15) is 17.3 Å². The molecule has 0 fully saturated rings. The topological polar surface area (TPSA) is 76.4 Å². The first-order chi connectivity index (χ1) is 10.1. The number of rotatable bonds is 5. The molecule has 0 saturated carbocycles. The number of nitrogens with two attached hydrogens (primary N) is 1. The maximum absolute atomic E-state index is 11.7. The molecular formula is C16H19N3O2. The van der Waals surface area contributed by atoms with Gasteiger partial charge in [-0.25, -0.2) is 0 Å². The summed E-state index contributed by atoms with van der Waals surface area (Å²) in [6.07, 6.45) is 0. The van der Waals surface area contributed by atoms with Crippen LogP contribution in [0.5, 0.6) is 5.75 Å². The molecule has 0 heterocycles. The summed E-state index contributed by atoms with van der Waals surface area (Å²) in [6.45, 7) is 2.54. The van der Waals surface area contributed by atoms with E-state index in [-0.39, 0.29) is 5.91 Å². The molecule has 0 spiro atoms. The zero-order valence-electron chi connectivity index (χ0n) is 12.1. The number of hydrogen-bond acceptors (Lipinski definition) is 4. The van der Waals surface area contributed by atoms with Crippen LogP contribution >= 0.6 is 0 Å². The van der Waals surface area contributed by atoms with Crippen LogP contribution in [0.2, 0.25) is 0 Å². The Hall–Kier alpha value is -2.69. The number of nitrogens with one attached hydrogen (secondary N) is 2. The van der Waals surface area contributed by atoms with Gasteiger partial charge >= 0.3 is 0 Å². The van der Waals surface area contributed by atoms with E-state index in [0.717, 1.165) is 11.4 Å². The van der Waals surface area contributed by atoms with Crippen LogP contribution < -0.4 is 21.1 Å². The fraction of sp³-hybridized carbons (Fsp3) is 0.188. The Kier molecular flexibility index (Phi) is 4.66. The second kappa shape index (κ2) is 6.65. The highest BCUT2D eigenvalue weighted by atomic mass is 16.5. The van der Waals surface area contributed by atoms with Gasteiger partial charge in [0, 0.05) is 24.4 Å². The normalized spacial score (nSPS) is 10.0. The van der Waals surface area contributed by atoms with E-state index in [9.17, 15) is 4.79 Å². The Bertz CT molecular complexity index is 641. The number of nitrogen functional groups attached to an aromatic ring is 1. The van der Waals surface area contributed by atoms with E-state index >= 15 is 0 Å².